The van der Waals surface area contributed by atoms with Crippen LogP contribution < -0.4 is 0 Å². The number of Topliss-reactive ketones (excluding diaryl/α,β-unsaturated/α-hetero) is 1. The topological polar surface area (TPSA) is 43.4 Å². The summed E-state index contributed by atoms with van der Waals surface area (Å²) < 4.78 is 32.0. The minimum Gasteiger partial charge on any atom is -0.451 e. The first-order valence-corrected chi connectivity index (χ1v) is 9.06. The van der Waals surface area contributed by atoms with Gasteiger partial charge in [-0.2, -0.15) is 0 Å². The Balaban J connectivity index is 1.48. The Morgan fingerprint density at radius 1 is 1.08 bits per heavy atom. The van der Waals surface area contributed by atoms with Gasteiger partial charge >= 0.3 is 5.97 Å². The van der Waals surface area contributed by atoms with Gasteiger partial charge < -0.3 is 4.74 Å². The van der Waals surface area contributed by atoms with Gasteiger partial charge in [0.25, 0.3) is 0 Å². The second-order valence-electron chi connectivity index (χ2n) is 8.23. The summed E-state index contributed by atoms with van der Waals surface area (Å²) in [5, 5.41) is 0. The van der Waals surface area contributed by atoms with Gasteiger partial charge in [0, 0.05) is 11.5 Å². The lowest BCUT2D eigenvalue weighted by molar-refractivity contribution is -0.152. The fourth-order valence-corrected chi connectivity index (χ4v) is 5.78. The van der Waals surface area contributed by atoms with E-state index in [0.717, 1.165) is 31.4 Å². The molecule has 0 amide bonds. The highest BCUT2D eigenvalue weighted by molar-refractivity contribution is 5.95. The molecule has 0 saturated heterocycles. The quantitative estimate of drug-likeness (QED) is 0.762. The van der Waals surface area contributed by atoms with E-state index < -0.39 is 23.7 Å². The number of ether oxygens (including phenoxy) is 1. The van der Waals surface area contributed by atoms with Gasteiger partial charge in [0.05, 0.1) is 5.56 Å². The molecular weight excluding hydrogens is 326 g/mol. The van der Waals surface area contributed by atoms with Gasteiger partial charge in [-0.25, -0.2) is 13.6 Å². The van der Waals surface area contributed by atoms with Gasteiger partial charge in [0.2, 0.25) is 0 Å². The average molecular weight is 348 g/mol. The Kier molecular flexibility index (Phi) is 3.93. The van der Waals surface area contributed by atoms with Gasteiger partial charge in [-0.1, -0.05) is 0 Å². The Hall–Kier alpha value is -1.78. The van der Waals surface area contributed by atoms with Crippen LogP contribution in [0.4, 0.5) is 8.78 Å². The molecule has 0 aromatic heterocycles. The van der Waals surface area contributed by atoms with Crippen molar-refractivity contribution in [1.29, 1.82) is 0 Å². The molecule has 1 aromatic rings. The number of hydrogen-bond acceptors (Lipinski definition) is 3. The van der Waals surface area contributed by atoms with Crippen molar-refractivity contribution in [3.8, 4) is 0 Å². The second kappa shape index (κ2) is 5.89. The van der Waals surface area contributed by atoms with E-state index in [1.54, 1.807) is 6.92 Å². The van der Waals surface area contributed by atoms with Crippen LogP contribution in [0.15, 0.2) is 18.2 Å². The van der Waals surface area contributed by atoms with Crippen molar-refractivity contribution >= 4 is 11.8 Å². The van der Waals surface area contributed by atoms with Crippen molar-refractivity contribution in [3.05, 3.63) is 35.4 Å². The summed E-state index contributed by atoms with van der Waals surface area (Å²) in [7, 11) is 0. The molecular formula is C20H22F2O3. The molecule has 0 spiro atoms. The maximum atomic E-state index is 13.7. The smallest absolute Gasteiger partial charge is 0.341 e. The fraction of sp³-hybridized carbons (Fsp3) is 0.600. The highest BCUT2D eigenvalue weighted by atomic mass is 19.1. The van der Waals surface area contributed by atoms with Gasteiger partial charge in [0.1, 0.15) is 11.6 Å². The summed E-state index contributed by atoms with van der Waals surface area (Å²) in [6, 6.07) is 2.70. The third kappa shape index (κ3) is 2.87. The van der Waals surface area contributed by atoms with E-state index in [1.165, 1.54) is 19.3 Å². The monoisotopic (exact) mass is 348 g/mol. The lowest BCUT2D eigenvalue weighted by atomic mass is 9.48. The van der Waals surface area contributed by atoms with Crippen molar-refractivity contribution in [2.75, 3.05) is 0 Å². The van der Waals surface area contributed by atoms with Crippen LogP contribution in [0.2, 0.25) is 0 Å². The van der Waals surface area contributed by atoms with E-state index in [2.05, 4.69) is 0 Å². The average Bonchev–Trinajstić information content (AvgIpc) is 2.52. The predicted octanol–water partition coefficient (Wildman–Crippen LogP) is 4.30. The van der Waals surface area contributed by atoms with Gasteiger partial charge in [-0.3, -0.25) is 4.79 Å². The number of carbonyl (C=O) groups excluding carboxylic acids is 2. The second-order valence-corrected chi connectivity index (χ2v) is 8.23. The van der Waals surface area contributed by atoms with Crippen molar-refractivity contribution in [2.24, 2.45) is 23.2 Å². The molecule has 0 radical (unpaired) electrons. The molecule has 4 saturated carbocycles. The first-order chi connectivity index (χ1) is 11.9. The predicted molar refractivity (Wildman–Crippen MR) is 86.8 cm³/mol. The molecule has 0 N–H and O–H groups in total. The number of ketones is 1. The summed E-state index contributed by atoms with van der Waals surface area (Å²) in [4.78, 5) is 25.3. The zero-order valence-corrected chi connectivity index (χ0v) is 14.3. The Bertz CT molecular complexity index is 692. The fourth-order valence-electron chi connectivity index (χ4n) is 5.78. The maximum Gasteiger partial charge on any atom is 0.341 e. The Morgan fingerprint density at radius 2 is 1.64 bits per heavy atom. The molecule has 1 aromatic carbocycles. The molecule has 4 bridgehead atoms. The van der Waals surface area contributed by atoms with Gasteiger partial charge in [-0.05, 0) is 75.3 Å². The summed E-state index contributed by atoms with van der Waals surface area (Å²) in [5.41, 5.74) is -0.706. The minimum atomic E-state index is -0.973. The largest absolute Gasteiger partial charge is 0.451 e. The molecule has 4 aliphatic rings. The van der Waals surface area contributed by atoms with E-state index in [0.29, 0.717) is 23.8 Å². The zero-order chi connectivity index (χ0) is 17.8. The molecule has 0 unspecified atom stereocenters. The summed E-state index contributed by atoms with van der Waals surface area (Å²) >= 11 is 0. The first-order valence-electron chi connectivity index (χ1n) is 9.06. The van der Waals surface area contributed by atoms with Crippen LogP contribution in [0.5, 0.6) is 0 Å². The van der Waals surface area contributed by atoms with E-state index in [9.17, 15) is 18.4 Å². The molecule has 5 rings (SSSR count). The van der Waals surface area contributed by atoms with Crippen molar-refractivity contribution < 1.29 is 23.1 Å². The SMILES string of the molecule is C[C@H](OC(=O)c1ccc(F)cc1F)C(=O)C12CC3CC(CC(C3)C1)C2. The molecule has 3 nitrogen and oxygen atoms in total. The Morgan fingerprint density at radius 3 is 2.16 bits per heavy atom. The molecule has 1 atom stereocenters. The molecule has 4 aliphatic carbocycles. The van der Waals surface area contributed by atoms with Crippen LogP contribution in [-0.4, -0.2) is 17.9 Å². The van der Waals surface area contributed by atoms with Crippen LogP contribution in [0.3, 0.4) is 0 Å². The lowest BCUT2D eigenvalue weighted by Crippen LogP contribution is -2.52. The zero-order valence-electron chi connectivity index (χ0n) is 14.3. The number of rotatable bonds is 4. The van der Waals surface area contributed by atoms with Crippen molar-refractivity contribution in [2.45, 2.75) is 51.6 Å². The lowest BCUT2D eigenvalue weighted by Gasteiger charge is -2.56. The highest BCUT2D eigenvalue weighted by Crippen LogP contribution is 2.60. The van der Waals surface area contributed by atoms with E-state index in [-0.39, 0.29) is 16.8 Å². The van der Waals surface area contributed by atoms with E-state index >= 15 is 0 Å². The van der Waals surface area contributed by atoms with Crippen LogP contribution in [0.25, 0.3) is 0 Å². The minimum absolute atomic E-state index is 0.0255. The normalized spacial score (nSPS) is 34.0. The van der Waals surface area contributed by atoms with Crippen molar-refractivity contribution in [1.82, 2.24) is 0 Å². The standard InChI is InChI=1S/C20H22F2O3/c1-11(25-19(24)16-3-2-15(21)7-17(16)22)18(23)20-8-12-4-13(9-20)6-14(5-12)10-20/h2-3,7,11-14H,4-6,8-10H2,1H3/t11-,12?,13?,14?,20?/m0/s1. The van der Waals surface area contributed by atoms with Crippen LogP contribution >= 0.6 is 0 Å². The van der Waals surface area contributed by atoms with Gasteiger partial charge in [0.15, 0.2) is 11.9 Å². The highest BCUT2D eigenvalue weighted by Gasteiger charge is 2.55. The van der Waals surface area contributed by atoms with Crippen LogP contribution in [-0.2, 0) is 9.53 Å². The third-order valence-corrected chi connectivity index (χ3v) is 6.37. The van der Waals surface area contributed by atoms with E-state index in [4.69, 9.17) is 4.74 Å². The molecule has 0 heterocycles. The first kappa shape index (κ1) is 16.7. The van der Waals surface area contributed by atoms with Crippen LogP contribution in [0.1, 0.15) is 55.8 Å². The third-order valence-electron chi connectivity index (χ3n) is 6.37. The molecule has 0 aliphatic heterocycles. The summed E-state index contributed by atoms with van der Waals surface area (Å²) in [6.07, 6.45) is 5.44. The molecule has 4 fully saturated rings. The Labute approximate surface area is 145 Å². The maximum absolute atomic E-state index is 13.7. The molecule has 5 heteroatoms. The number of carbonyl (C=O) groups is 2. The number of halogens is 2. The van der Waals surface area contributed by atoms with Crippen molar-refractivity contribution in [3.63, 3.8) is 0 Å². The number of hydrogen-bond donors (Lipinski definition) is 0. The molecule has 25 heavy (non-hydrogen) atoms. The summed E-state index contributed by atoms with van der Waals surface area (Å²) in [6.45, 7) is 1.57. The van der Waals surface area contributed by atoms with Crippen LogP contribution in [0, 0.1) is 34.8 Å². The number of benzene rings is 1. The van der Waals surface area contributed by atoms with Gasteiger partial charge in [-0.15, -0.1) is 0 Å². The molecule has 134 valence electrons. The number of esters is 1. The van der Waals surface area contributed by atoms with E-state index in [1.807, 2.05) is 0 Å². The summed E-state index contributed by atoms with van der Waals surface area (Å²) in [5.74, 6) is -0.815.